The Balaban J connectivity index is 1.70. The number of hydrogen-bond donors (Lipinski definition) is 3. The fourth-order valence-corrected chi connectivity index (χ4v) is 3.14. The van der Waals surface area contributed by atoms with Crippen molar-refractivity contribution >= 4 is 35.0 Å². The van der Waals surface area contributed by atoms with E-state index in [0.717, 1.165) is 5.56 Å². The van der Waals surface area contributed by atoms with Gasteiger partial charge in [0, 0.05) is 10.7 Å². The van der Waals surface area contributed by atoms with Crippen molar-refractivity contribution in [3.05, 3.63) is 88.5 Å². The van der Waals surface area contributed by atoms with Gasteiger partial charge in [-0.3, -0.25) is 4.79 Å². The first-order chi connectivity index (χ1) is 13.9. The summed E-state index contributed by atoms with van der Waals surface area (Å²) in [5.41, 5.74) is 1.23. The number of hydrogen-bond acceptors (Lipinski definition) is 4. The Morgan fingerprint density at radius 3 is 2.48 bits per heavy atom. The van der Waals surface area contributed by atoms with E-state index in [1.54, 1.807) is 24.3 Å². The van der Waals surface area contributed by atoms with Crippen LogP contribution in [0.4, 0.5) is 15.9 Å². The number of aliphatic carboxylic acids is 1. The van der Waals surface area contributed by atoms with E-state index in [2.05, 4.69) is 15.7 Å². The molecule has 2 heterocycles. The molecule has 7 nitrogen and oxygen atoms in total. The van der Waals surface area contributed by atoms with E-state index in [0.29, 0.717) is 10.7 Å². The summed E-state index contributed by atoms with van der Waals surface area (Å²) in [5.74, 6) is -1.85. The second kappa shape index (κ2) is 7.40. The van der Waals surface area contributed by atoms with Crippen LogP contribution < -0.4 is 10.6 Å². The number of amides is 1. The zero-order valence-electron chi connectivity index (χ0n) is 14.8. The summed E-state index contributed by atoms with van der Waals surface area (Å²) in [4.78, 5) is 24.3. The summed E-state index contributed by atoms with van der Waals surface area (Å²) < 4.78 is 14.6. The number of rotatable bonds is 4. The van der Waals surface area contributed by atoms with Gasteiger partial charge in [0.05, 0.1) is 12.2 Å². The molecule has 0 spiro atoms. The molecule has 1 aliphatic heterocycles. The average Bonchev–Trinajstić information content (AvgIpc) is 3.14. The maximum absolute atomic E-state index is 13.1. The Kier molecular flexibility index (Phi) is 4.77. The van der Waals surface area contributed by atoms with E-state index in [-0.39, 0.29) is 17.1 Å². The van der Waals surface area contributed by atoms with E-state index < -0.39 is 23.7 Å². The lowest BCUT2D eigenvalue weighted by molar-refractivity contribution is -0.132. The summed E-state index contributed by atoms with van der Waals surface area (Å²) in [5, 5.41) is 19.7. The minimum absolute atomic E-state index is 0.0752. The monoisotopic (exact) mass is 412 g/mol. The number of anilines is 2. The van der Waals surface area contributed by atoms with Gasteiger partial charge in [0.15, 0.2) is 0 Å². The van der Waals surface area contributed by atoms with Crippen LogP contribution in [0.1, 0.15) is 22.0 Å². The lowest BCUT2D eigenvalue weighted by atomic mass is 10.0. The van der Waals surface area contributed by atoms with Gasteiger partial charge in [-0.05, 0) is 48.0 Å². The molecule has 1 amide bonds. The molecule has 9 heteroatoms. The van der Waals surface area contributed by atoms with Gasteiger partial charge in [-0.2, -0.15) is 5.10 Å². The second-order valence-electron chi connectivity index (χ2n) is 6.32. The number of carbonyl (C=O) groups excluding carboxylic acids is 1. The number of carbonyl (C=O) groups is 2. The number of carboxylic acids is 1. The quantitative estimate of drug-likeness (QED) is 0.603. The van der Waals surface area contributed by atoms with Crippen molar-refractivity contribution in [3.8, 4) is 0 Å². The molecule has 0 radical (unpaired) electrons. The van der Waals surface area contributed by atoms with Gasteiger partial charge in [-0.25, -0.2) is 13.9 Å². The minimum Gasteiger partial charge on any atom is -0.477 e. The van der Waals surface area contributed by atoms with Gasteiger partial charge in [0.25, 0.3) is 5.91 Å². The molecule has 2 aromatic carbocycles. The summed E-state index contributed by atoms with van der Waals surface area (Å²) in [6, 6.07) is 11.7. The van der Waals surface area contributed by atoms with Crippen molar-refractivity contribution in [2.45, 2.75) is 6.04 Å². The number of nitrogens with zero attached hydrogens (tertiary/aromatic N) is 2. The van der Waals surface area contributed by atoms with Crippen LogP contribution in [0.5, 0.6) is 0 Å². The second-order valence-corrected chi connectivity index (χ2v) is 6.76. The van der Waals surface area contributed by atoms with Crippen molar-refractivity contribution in [2.24, 2.45) is 0 Å². The lowest BCUT2D eigenvalue weighted by Gasteiger charge is -2.24. The van der Waals surface area contributed by atoms with Gasteiger partial charge < -0.3 is 15.7 Å². The van der Waals surface area contributed by atoms with E-state index >= 15 is 0 Å². The van der Waals surface area contributed by atoms with Crippen molar-refractivity contribution in [1.29, 1.82) is 0 Å². The molecule has 0 fully saturated rings. The third-order valence-corrected chi connectivity index (χ3v) is 4.68. The highest BCUT2D eigenvalue weighted by Crippen LogP contribution is 2.33. The van der Waals surface area contributed by atoms with Crippen LogP contribution in [-0.2, 0) is 4.79 Å². The molecule has 29 heavy (non-hydrogen) atoms. The zero-order chi connectivity index (χ0) is 20.5. The maximum Gasteiger partial charge on any atom is 0.352 e. The summed E-state index contributed by atoms with van der Waals surface area (Å²) >= 11 is 5.94. The molecule has 4 rings (SSSR count). The number of fused-ring (bicyclic) bond motifs is 1. The number of nitrogens with one attached hydrogen (secondary N) is 2. The zero-order valence-corrected chi connectivity index (χ0v) is 15.5. The fraction of sp³-hybridized carbons (Fsp3) is 0.0500. The first-order valence-corrected chi connectivity index (χ1v) is 8.92. The van der Waals surface area contributed by atoms with E-state index in [4.69, 9.17) is 11.6 Å². The average molecular weight is 413 g/mol. The largest absolute Gasteiger partial charge is 0.477 e. The number of benzene rings is 2. The van der Waals surface area contributed by atoms with Gasteiger partial charge in [0.2, 0.25) is 0 Å². The van der Waals surface area contributed by atoms with Gasteiger partial charge in [0.1, 0.15) is 22.9 Å². The highest BCUT2D eigenvalue weighted by molar-refractivity contribution is 6.30. The lowest BCUT2D eigenvalue weighted by Crippen LogP contribution is -2.25. The van der Waals surface area contributed by atoms with Crippen LogP contribution >= 0.6 is 11.6 Å². The molecule has 1 unspecified atom stereocenters. The van der Waals surface area contributed by atoms with E-state index in [9.17, 15) is 19.1 Å². The number of carboxylic acid groups (broad SMARTS) is 1. The van der Waals surface area contributed by atoms with Gasteiger partial charge >= 0.3 is 5.97 Å². The van der Waals surface area contributed by atoms with Gasteiger partial charge in [-0.1, -0.05) is 23.7 Å². The molecule has 0 saturated heterocycles. The Morgan fingerprint density at radius 2 is 1.83 bits per heavy atom. The highest BCUT2D eigenvalue weighted by atomic mass is 35.5. The van der Waals surface area contributed by atoms with Crippen LogP contribution in [-0.4, -0.2) is 26.8 Å². The van der Waals surface area contributed by atoms with Crippen LogP contribution in [0.25, 0.3) is 0 Å². The third-order valence-electron chi connectivity index (χ3n) is 4.43. The Hall–Kier alpha value is -3.65. The van der Waals surface area contributed by atoms with E-state index in [1.807, 2.05) is 0 Å². The van der Waals surface area contributed by atoms with Crippen molar-refractivity contribution in [1.82, 2.24) is 9.78 Å². The normalized spacial score (nSPS) is 15.1. The van der Waals surface area contributed by atoms with Crippen LogP contribution in [0, 0.1) is 5.82 Å². The molecule has 0 bridgehead atoms. The Bertz CT molecular complexity index is 1120. The van der Waals surface area contributed by atoms with Crippen LogP contribution in [0.3, 0.4) is 0 Å². The summed E-state index contributed by atoms with van der Waals surface area (Å²) in [6.07, 6.45) is 2.86. The standard InChI is InChI=1S/C20H14ClFN4O3/c21-12-3-1-11(2-4-12)17-9-16(20(28)29)25-18-15(10-23-26(17)18)19(27)24-14-7-5-13(22)6-8-14/h1-10,17,25H,(H,24,27)(H,28,29). The molecule has 146 valence electrons. The molecule has 3 N–H and O–H groups in total. The first kappa shape index (κ1) is 18.7. The molecular formula is C20H14ClFN4O3. The number of halogens is 2. The van der Waals surface area contributed by atoms with E-state index in [1.165, 1.54) is 41.2 Å². The Labute approximate surface area is 169 Å². The highest BCUT2D eigenvalue weighted by Gasteiger charge is 2.29. The predicted molar refractivity (Wildman–Crippen MR) is 106 cm³/mol. The number of aromatic nitrogens is 2. The molecule has 3 aromatic rings. The van der Waals surface area contributed by atoms with Crippen molar-refractivity contribution < 1.29 is 19.1 Å². The van der Waals surface area contributed by atoms with Crippen LogP contribution in [0.15, 0.2) is 66.5 Å². The topological polar surface area (TPSA) is 96.2 Å². The Morgan fingerprint density at radius 1 is 1.14 bits per heavy atom. The molecule has 1 atom stereocenters. The molecule has 0 saturated carbocycles. The SMILES string of the molecule is O=C(O)C1=CC(c2ccc(Cl)cc2)n2ncc(C(=O)Nc3ccc(F)cc3)c2N1. The smallest absolute Gasteiger partial charge is 0.352 e. The van der Waals surface area contributed by atoms with Crippen molar-refractivity contribution in [2.75, 3.05) is 10.6 Å². The van der Waals surface area contributed by atoms with Crippen molar-refractivity contribution in [3.63, 3.8) is 0 Å². The van der Waals surface area contributed by atoms with Crippen LogP contribution in [0.2, 0.25) is 5.02 Å². The maximum atomic E-state index is 13.1. The number of allylic oxidation sites excluding steroid dienone is 1. The molecule has 1 aromatic heterocycles. The molecule has 1 aliphatic rings. The summed E-state index contributed by atoms with van der Waals surface area (Å²) in [7, 11) is 0. The predicted octanol–water partition coefficient (Wildman–Crippen LogP) is 3.91. The molecule has 0 aliphatic carbocycles. The summed E-state index contributed by atoms with van der Waals surface area (Å²) in [6.45, 7) is 0. The van der Waals surface area contributed by atoms with Gasteiger partial charge in [-0.15, -0.1) is 0 Å². The fourth-order valence-electron chi connectivity index (χ4n) is 3.02. The third kappa shape index (κ3) is 3.70. The molecular weight excluding hydrogens is 399 g/mol. The minimum atomic E-state index is -1.17. The first-order valence-electron chi connectivity index (χ1n) is 8.54.